The number of morpholine rings is 1. The van der Waals surface area contributed by atoms with Crippen molar-refractivity contribution >= 4 is 28.7 Å². The Hall–Kier alpha value is -4.35. The molecule has 0 bridgehead atoms. The summed E-state index contributed by atoms with van der Waals surface area (Å²) in [5, 5.41) is 10.7. The van der Waals surface area contributed by atoms with E-state index in [9.17, 15) is 9.90 Å². The Morgan fingerprint density at radius 1 is 1.09 bits per heavy atom. The molecule has 11 nitrogen and oxygen atoms in total. The number of methoxy groups -OCH3 is 1. The van der Waals surface area contributed by atoms with Crippen LogP contribution in [0.25, 0.3) is 22.3 Å². The van der Waals surface area contributed by atoms with E-state index in [1.165, 1.54) is 0 Å². The maximum Gasteiger partial charge on any atom is 0.272 e. The maximum absolute atomic E-state index is 12.9. The number of aliphatic hydroxyl groups is 1. The molecular formula is C32H37N7O4. The Labute approximate surface area is 251 Å². The molecule has 2 saturated heterocycles. The van der Waals surface area contributed by atoms with Crippen LogP contribution in [-0.2, 0) is 11.3 Å². The van der Waals surface area contributed by atoms with Gasteiger partial charge >= 0.3 is 0 Å². The first kappa shape index (κ1) is 28.8. The van der Waals surface area contributed by atoms with Crippen molar-refractivity contribution in [1.29, 1.82) is 0 Å². The number of amides is 1. The third-order valence-electron chi connectivity index (χ3n) is 8.41. The number of anilines is 2. The number of fused-ring (bicyclic) bond motifs is 1. The summed E-state index contributed by atoms with van der Waals surface area (Å²) >= 11 is 0. The summed E-state index contributed by atoms with van der Waals surface area (Å²) in [4.78, 5) is 38.5. The Kier molecular flexibility index (Phi) is 8.35. The fraction of sp³-hybridized carbons (Fsp3) is 0.406. The molecule has 0 saturated carbocycles. The van der Waals surface area contributed by atoms with Crippen LogP contribution in [0.2, 0.25) is 0 Å². The van der Waals surface area contributed by atoms with Crippen LogP contribution in [-0.4, -0.2) is 94.9 Å². The molecule has 11 heteroatoms. The molecule has 2 fully saturated rings. The van der Waals surface area contributed by atoms with Gasteiger partial charge < -0.3 is 29.3 Å². The van der Waals surface area contributed by atoms with Crippen molar-refractivity contribution in [2.45, 2.75) is 38.5 Å². The molecule has 4 aromatic rings. The highest BCUT2D eigenvalue weighted by Crippen LogP contribution is 2.32. The van der Waals surface area contributed by atoms with Gasteiger partial charge in [0.1, 0.15) is 17.3 Å². The fourth-order valence-electron chi connectivity index (χ4n) is 5.89. The average molecular weight is 584 g/mol. The molecule has 6 rings (SSSR count). The fourth-order valence-corrected chi connectivity index (χ4v) is 5.89. The Morgan fingerprint density at radius 2 is 1.93 bits per heavy atom. The molecule has 2 aliphatic heterocycles. The number of aliphatic hydroxyl groups excluding tert-OH is 1. The minimum absolute atomic E-state index is 0.0353. The number of rotatable bonds is 7. The number of aromatic nitrogens is 4. The van der Waals surface area contributed by atoms with Crippen LogP contribution in [0, 0.1) is 0 Å². The molecule has 0 spiro atoms. The van der Waals surface area contributed by atoms with E-state index in [-0.39, 0.29) is 24.6 Å². The van der Waals surface area contributed by atoms with Crippen LogP contribution in [0.15, 0.2) is 54.7 Å². The van der Waals surface area contributed by atoms with Crippen molar-refractivity contribution in [2.24, 2.45) is 0 Å². The number of piperidine rings is 1. The number of carbonyl (C=O) groups is 1. The molecule has 43 heavy (non-hydrogen) atoms. The first-order chi connectivity index (χ1) is 21.0. The summed E-state index contributed by atoms with van der Waals surface area (Å²) in [6.07, 6.45) is 3.24. The largest absolute Gasteiger partial charge is 0.496 e. The Balaban J connectivity index is 1.32. The number of carbonyl (C=O) groups excluding carboxylic acids is 1. The molecule has 0 radical (unpaired) electrons. The number of ether oxygens (including phenoxy) is 2. The lowest BCUT2D eigenvalue weighted by atomic mass is 10.0. The summed E-state index contributed by atoms with van der Waals surface area (Å²) in [6.45, 7) is 5.26. The molecule has 1 amide bonds. The third-order valence-corrected chi connectivity index (χ3v) is 8.41. The number of nitrogens with zero attached hydrogens (tertiary/aromatic N) is 7. The predicted octanol–water partition coefficient (Wildman–Crippen LogP) is 3.55. The minimum Gasteiger partial charge on any atom is -0.496 e. The second-order valence-electron chi connectivity index (χ2n) is 11.1. The van der Waals surface area contributed by atoms with Gasteiger partial charge in [0.2, 0.25) is 5.95 Å². The SMILES string of the molecule is COc1ccc(-c2ccc3c(N4CCOC[C@@H]4C)nc(N(C)C4CCN(C(=O)c5ccccn5)CC4)nc3n2)cc1CO. The van der Waals surface area contributed by atoms with E-state index >= 15 is 0 Å². The number of pyridine rings is 2. The topological polar surface area (TPSA) is 117 Å². The lowest BCUT2D eigenvalue weighted by Crippen LogP contribution is -2.47. The highest BCUT2D eigenvalue weighted by atomic mass is 16.5. The normalized spacial score (nSPS) is 17.7. The second-order valence-corrected chi connectivity index (χ2v) is 11.1. The van der Waals surface area contributed by atoms with Crippen LogP contribution in [0.4, 0.5) is 11.8 Å². The highest BCUT2D eigenvalue weighted by Gasteiger charge is 2.30. The number of likely N-dealkylation sites (tertiary alicyclic amines) is 1. The number of benzene rings is 1. The highest BCUT2D eigenvalue weighted by molar-refractivity contribution is 5.92. The first-order valence-corrected chi connectivity index (χ1v) is 14.7. The van der Waals surface area contributed by atoms with Crippen LogP contribution in [0.3, 0.4) is 0 Å². The van der Waals surface area contributed by atoms with Crippen molar-refractivity contribution in [2.75, 3.05) is 56.8 Å². The van der Waals surface area contributed by atoms with Crippen molar-refractivity contribution in [3.8, 4) is 17.0 Å². The van der Waals surface area contributed by atoms with Gasteiger partial charge in [-0.3, -0.25) is 9.78 Å². The molecule has 1 atom stereocenters. The van der Waals surface area contributed by atoms with Gasteiger partial charge in [-0.1, -0.05) is 6.07 Å². The zero-order chi connectivity index (χ0) is 29.9. The zero-order valence-corrected chi connectivity index (χ0v) is 24.8. The minimum atomic E-state index is -0.132. The van der Waals surface area contributed by atoms with Gasteiger partial charge in [-0.2, -0.15) is 9.97 Å². The molecule has 1 aromatic carbocycles. The average Bonchev–Trinajstić information content (AvgIpc) is 3.07. The van der Waals surface area contributed by atoms with Crippen LogP contribution in [0.5, 0.6) is 5.75 Å². The van der Waals surface area contributed by atoms with Gasteiger partial charge in [0, 0.05) is 50.0 Å². The van der Waals surface area contributed by atoms with Crippen LogP contribution in [0.1, 0.15) is 35.8 Å². The van der Waals surface area contributed by atoms with Gasteiger partial charge in [0.05, 0.1) is 44.1 Å². The van der Waals surface area contributed by atoms with Crippen molar-refractivity contribution in [3.63, 3.8) is 0 Å². The zero-order valence-electron chi connectivity index (χ0n) is 24.8. The van der Waals surface area contributed by atoms with Crippen LogP contribution >= 0.6 is 0 Å². The van der Waals surface area contributed by atoms with E-state index in [1.807, 2.05) is 54.4 Å². The van der Waals surface area contributed by atoms with Gasteiger partial charge in [-0.25, -0.2) is 4.98 Å². The summed E-state index contributed by atoms with van der Waals surface area (Å²) in [5.74, 6) is 2.04. The standard InChI is InChI=1S/C32H37N7O4/c1-21-20-43-17-16-39(21)30-25-8-9-26(22-7-10-28(42-3)23(18-22)19-40)34-29(25)35-32(36-30)37(2)24-11-14-38(15-12-24)31(41)27-6-4-5-13-33-27/h4-10,13,18,21,24,40H,11-12,14-17,19-20H2,1-3H3/t21-/m0/s1. The molecular weight excluding hydrogens is 546 g/mol. The van der Waals surface area contributed by atoms with E-state index in [2.05, 4.69) is 21.7 Å². The molecule has 5 heterocycles. The van der Waals surface area contributed by atoms with E-state index in [1.54, 1.807) is 19.4 Å². The van der Waals surface area contributed by atoms with Crippen LogP contribution < -0.4 is 14.5 Å². The van der Waals surface area contributed by atoms with Crippen molar-refractivity contribution in [3.05, 3.63) is 66.0 Å². The lowest BCUT2D eigenvalue weighted by molar-refractivity contribution is 0.0707. The van der Waals surface area contributed by atoms with Gasteiger partial charge in [-0.05, 0) is 62.2 Å². The molecule has 0 aliphatic carbocycles. The van der Waals surface area contributed by atoms with E-state index in [0.29, 0.717) is 54.9 Å². The first-order valence-electron chi connectivity index (χ1n) is 14.7. The summed E-state index contributed by atoms with van der Waals surface area (Å²) in [6, 6.07) is 15.4. The Bertz CT molecular complexity index is 1590. The van der Waals surface area contributed by atoms with E-state index in [4.69, 9.17) is 24.4 Å². The second kappa shape index (κ2) is 12.5. The summed E-state index contributed by atoms with van der Waals surface area (Å²) < 4.78 is 11.1. The number of hydrogen-bond donors (Lipinski definition) is 1. The maximum atomic E-state index is 12.9. The Morgan fingerprint density at radius 3 is 2.65 bits per heavy atom. The molecule has 0 unspecified atom stereocenters. The molecule has 224 valence electrons. The third kappa shape index (κ3) is 5.82. The van der Waals surface area contributed by atoms with Crippen molar-refractivity contribution in [1.82, 2.24) is 24.8 Å². The molecule has 1 N–H and O–H groups in total. The van der Waals surface area contributed by atoms with Gasteiger partial charge in [-0.15, -0.1) is 0 Å². The van der Waals surface area contributed by atoms with Crippen molar-refractivity contribution < 1.29 is 19.4 Å². The number of hydrogen-bond acceptors (Lipinski definition) is 10. The predicted molar refractivity (Wildman–Crippen MR) is 164 cm³/mol. The van der Waals surface area contributed by atoms with Gasteiger partial charge in [0.25, 0.3) is 5.91 Å². The van der Waals surface area contributed by atoms with E-state index in [0.717, 1.165) is 41.8 Å². The van der Waals surface area contributed by atoms with Gasteiger partial charge in [0.15, 0.2) is 5.65 Å². The quantitative estimate of drug-likeness (QED) is 0.346. The molecule has 2 aliphatic rings. The lowest BCUT2D eigenvalue weighted by Gasteiger charge is -2.38. The summed E-state index contributed by atoms with van der Waals surface area (Å²) in [7, 11) is 3.61. The van der Waals surface area contributed by atoms with E-state index < -0.39 is 0 Å². The summed E-state index contributed by atoms with van der Waals surface area (Å²) in [5.41, 5.74) is 3.39. The molecule has 3 aromatic heterocycles. The monoisotopic (exact) mass is 583 g/mol. The smallest absolute Gasteiger partial charge is 0.272 e.